The van der Waals surface area contributed by atoms with Crippen molar-refractivity contribution in [1.82, 2.24) is 19.4 Å². The number of nitrogens with zero attached hydrogens (tertiary/aromatic N) is 4. The van der Waals surface area contributed by atoms with E-state index in [1.807, 2.05) is 66.8 Å². The fourth-order valence-electron chi connectivity index (χ4n) is 3.60. The average Bonchev–Trinajstić information content (AvgIpc) is 3.23. The molecule has 1 aliphatic heterocycles. The SMILES string of the molecule is Cc1nc(-c2ccccc2)ccc1C(=O)N1CCC[C@@H](n2ccnc2)C1. The van der Waals surface area contributed by atoms with Crippen molar-refractivity contribution < 1.29 is 4.79 Å². The van der Waals surface area contributed by atoms with Crippen LogP contribution in [0.1, 0.15) is 34.9 Å². The van der Waals surface area contributed by atoms with Crippen molar-refractivity contribution >= 4 is 5.91 Å². The average molecular weight is 346 g/mol. The highest BCUT2D eigenvalue weighted by Crippen LogP contribution is 2.24. The Bertz CT molecular complexity index is 890. The standard InChI is InChI=1S/C21H22N4O/c1-16-19(9-10-20(23-16)17-6-3-2-4-7-17)21(26)24-12-5-8-18(14-24)25-13-11-22-15-25/h2-4,6-7,9-11,13,15,18H,5,8,12,14H2,1H3/t18-/m1/s1. The summed E-state index contributed by atoms with van der Waals surface area (Å²) in [5.74, 6) is 0.0689. The molecule has 5 nitrogen and oxygen atoms in total. The normalized spacial score (nSPS) is 17.3. The van der Waals surface area contributed by atoms with Gasteiger partial charge in [0.15, 0.2) is 0 Å². The minimum Gasteiger partial charge on any atom is -0.337 e. The molecule has 1 aliphatic rings. The predicted molar refractivity (Wildman–Crippen MR) is 101 cm³/mol. The second-order valence-electron chi connectivity index (χ2n) is 6.75. The van der Waals surface area contributed by atoms with Crippen molar-refractivity contribution in [2.24, 2.45) is 0 Å². The van der Waals surface area contributed by atoms with Crippen LogP contribution < -0.4 is 0 Å². The van der Waals surface area contributed by atoms with Gasteiger partial charge in [-0.15, -0.1) is 0 Å². The first-order valence-corrected chi connectivity index (χ1v) is 9.02. The Morgan fingerprint density at radius 3 is 2.73 bits per heavy atom. The number of benzene rings is 1. The number of hydrogen-bond acceptors (Lipinski definition) is 3. The van der Waals surface area contributed by atoms with Crippen LogP contribution in [0.25, 0.3) is 11.3 Å². The van der Waals surface area contributed by atoms with Gasteiger partial charge in [-0.25, -0.2) is 4.98 Å². The molecule has 0 bridgehead atoms. The first-order valence-electron chi connectivity index (χ1n) is 9.02. The molecule has 3 heterocycles. The lowest BCUT2D eigenvalue weighted by atomic mass is 10.0. The Morgan fingerprint density at radius 2 is 2.00 bits per heavy atom. The van der Waals surface area contributed by atoms with Crippen molar-refractivity contribution in [3.63, 3.8) is 0 Å². The summed E-state index contributed by atoms with van der Waals surface area (Å²) in [6.07, 6.45) is 7.67. The third-order valence-electron chi connectivity index (χ3n) is 5.02. The van der Waals surface area contributed by atoms with Gasteiger partial charge < -0.3 is 9.47 Å². The zero-order chi connectivity index (χ0) is 17.9. The lowest BCUT2D eigenvalue weighted by Gasteiger charge is -2.33. The van der Waals surface area contributed by atoms with E-state index in [9.17, 15) is 4.79 Å². The van der Waals surface area contributed by atoms with Gasteiger partial charge >= 0.3 is 0 Å². The van der Waals surface area contributed by atoms with E-state index < -0.39 is 0 Å². The predicted octanol–water partition coefficient (Wildman–Crippen LogP) is 3.73. The van der Waals surface area contributed by atoms with Crippen LogP contribution in [0.2, 0.25) is 0 Å². The van der Waals surface area contributed by atoms with Crippen molar-refractivity contribution in [1.29, 1.82) is 0 Å². The van der Waals surface area contributed by atoms with E-state index in [1.54, 1.807) is 6.20 Å². The number of carbonyl (C=O) groups excluding carboxylic acids is 1. The van der Waals surface area contributed by atoms with Crippen molar-refractivity contribution in [3.05, 3.63) is 72.4 Å². The number of likely N-dealkylation sites (tertiary alicyclic amines) is 1. The van der Waals surface area contributed by atoms with Crippen LogP contribution in [0.5, 0.6) is 0 Å². The van der Waals surface area contributed by atoms with Crippen molar-refractivity contribution in [3.8, 4) is 11.3 Å². The van der Waals surface area contributed by atoms with Gasteiger partial charge in [0.2, 0.25) is 0 Å². The molecule has 26 heavy (non-hydrogen) atoms. The molecule has 1 amide bonds. The highest BCUT2D eigenvalue weighted by atomic mass is 16.2. The molecule has 1 saturated heterocycles. The number of rotatable bonds is 3. The van der Waals surface area contributed by atoms with Crippen LogP contribution in [-0.2, 0) is 0 Å². The van der Waals surface area contributed by atoms with Gasteiger partial charge in [0.1, 0.15) is 0 Å². The number of pyridine rings is 1. The molecule has 0 radical (unpaired) electrons. The molecule has 0 spiro atoms. The molecular weight excluding hydrogens is 324 g/mol. The summed E-state index contributed by atoms with van der Waals surface area (Å²) in [5, 5.41) is 0. The van der Waals surface area contributed by atoms with Crippen LogP contribution in [0.4, 0.5) is 0 Å². The summed E-state index contributed by atoms with van der Waals surface area (Å²) in [6.45, 7) is 3.43. The molecule has 2 aromatic heterocycles. The van der Waals surface area contributed by atoms with Gasteiger partial charge in [-0.2, -0.15) is 0 Å². The van der Waals surface area contributed by atoms with E-state index >= 15 is 0 Å². The van der Waals surface area contributed by atoms with E-state index in [0.29, 0.717) is 11.6 Å². The Morgan fingerprint density at radius 1 is 1.15 bits per heavy atom. The van der Waals surface area contributed by atoms with Gasteiger partial charge in [-0.05, 0) is 31.9 Å². The topological polar surface area (TPSA) is 51.0 Å². The van der Waals surface area contributed by atoms with Crippen LogP contribution in [-0.4, -0.2) is 38.4 Å². The maximum absolute atomic E-state index is 13.0. The fraction of sp³-hybridized carbons (Fsp3) is 0.286. The van der Waals surface area contributed by atoms with Crippen molar-refractivity contribution in [2.45, 2.75) is 25.8 Å². The lowest BCUT2D eigenvalue weighted by molar-refractivity contribution is 0.0678. The molecule has 1 atom stereocenters. The molecule has 1 aromatic carbocycles. The Labute approximate surface area is 153 Å². The van der Waals surface area contributed by atoms with E-state index in [2.05, 4.69) is 14.5 Å². The Hall–Kier alpha value is -2.95. The van der Waals surface area contributed by atoms with Gasteiger partial charge in [0, 0.05) is 31.0 Å². The molecule has 4 rings (SSSR count). The van der Waals surface area contributed by atoms with Gasteiger partial charge in [0.05, 0.1) is 29.3 Å². The number of aryl methyl sites for hydroxylation is 1. The number of piperidine rings is 1. The minimum absolute atomic E-state index is 0.0689. The van der Waals surface area contributed by atoms with E-state index in [4.69, 9.17) is 0 Å². The van der Waals surface area contributed by atoms with Gasteiger partial charge in [0.25, 0.3) is 5.91 Å². The summed E-state index contributed by atoms with van der Waals surface area (Å²) in [7, 11) is 0. The number of amides is 1. The number of aromatic nitrogens is 3. The summed E-state index contributed by atoms with van der Waals surface area (Å²) < 4.78 is 2.10. The molecule has 0 saturated carbocycles. The van der Waals surface area contributed by atoms with E-state index in [-0.39, 0.29) is 5.91 Å². The molecule has 0 unspecified atom stereocenters. The molecule has 132 valence electrons. The second kappa shape index (κ2) is 7.12. The van der Waals surface area contributed by atoms with Gasteiger partial charge in [-0.3, -0.25) is 9.78 Å². The zero-order valence-electron chi connectivity index (χ0n) is 14.9. The Balaban J connectivity index is 1.54. The molecular formula is C21H22N4O. The number of carbonyl (C=O) groups is 1. The second-order valence-corrected chi connectivity index (χ2v) is 6.75. The Kier molecular flexibility index (Phi) is 4.52. The van der Waals surface area contributed by atoms with E-state index in [1.165, 1.54) is 0 Å². The van der Waals surface area contributed by atoms with Crippen LogP contribution in [0.15, 0.2) is 61.2 Å². The zero-order valence-corrected chi connectivity index (χ0v) is 14.9. The molecule has 3 aromatic rings. The third-order valence-corrected chi connectivity index (χ3v) is 5.02. The fourth-order valence-corrected chi connectivity index (χ4v) is 3.60. The summed E-state index contributed by atoms with van der Waals surface area (Å²) in [4.78, 5) is 23.8. The lowest BCUT2D eigenvalue weighted by Crippen LogP contribution is -2.40. The summed E-state index contributed by atoms with van der Waals surface area (Å²) in [6, 6.07) is 14.2. The highest BCUT2D eigenvalue weighted by molar-refractivity contribution is 5.95. The number of hydrogen-bond donors (Lipinski definition) is 0. The van der Waals surface area contributed by atoms with E-state index in [0.717, 1.165) is 42.9 Å². The van der Waals surface area contributed by atoms with Gasteiger partial charge in [-0.1, -0.05) is 30.3 Å². The van der Waals surface area contributed by atoms with Crippen LogP contribution in [0, 0.1) is 6.92 Å². The summed E-state index contributed by atoms with van der Waals surface area (Å²) in [5.41, 5.74) is 3.43. The first kappa shape index (κ1) is 16.5. The molecule has 1 fully saturated rings. The molecule has 5 heteroatoms. The summed E-state index contributed by atoms with van der Waals surface area (Å²) >= 11 is 0. The molecule has 0 N–H and O–H groups in total. The largest absolute Gasteiger partial charge is 0.337 e. The quantitative estimate of drug-likeness (QED) is 0.726. The minimum atomic E-state index is 0.0689. The van der Waals surface area contributed by atoms with Crippen molar-refractivity contribution in [2.75, 3.05) is 13.1 Å². The third kappa shape index (κ3) is 3.25. The first-order chi connectivity index (χ1) is 12.7. The maximum atomic E-state index is 13.0. The maximum Gasteiger partial charge on any atom is 0.255 e. The highest BCUT2D eigenvalue weighted by Gasteiger charge is 2.26. The smallest absolute Gasteiger partial charge is 0.255 e. The van der Waals surface area contributed by atoms with Crippen LogP contribution in [0.3, 0.4) is 0 Å². The molecule has 0 aliphatic carbocycles. The van der Waals surface area contributed by atoms with Crippen LogP contribution >= 0.6 is 0 Å². The number of imidazole rings is 1. The monoisotopic (exact) mass is 346 g/mol.